The van der Waals surface area contributed by atoms with Crippen LogP contribution in [0.1, 0.15) is 16.7 Å². The molecule has 0 atom stereocenters. The third-order valence-electron chi connectivity index (χ3n) is 2.87. The fourth-order valence-electron chi connectivity index (χ4n) is 2.00. The SMILES string of the molecule is Cc1cc(N)cc(C)c1OCc1ccc(Cl)cc1F. The highest BCUT2D eigenvalue weighted by Gasteiger charge is 2.08. The van der Waals surface area contributed by atoms with Crippen molar-refractivity contribution < 1.29 is 9.13 Å². The van der Waals surface area contributed by atoms with Crippen LogP contribution >= 0.6 is 11.6 Å². The molecule has 2 rings (SSSR count). The number of rotatable bonds is 3. The first-order valence-electron chi connectivity index (χ1n) is 5.91. The quantitative estimate of drug-likeness (QED) is 0.852. The molecule has 0 saturated carbocycles. The molecule has 0 unspecified atom stereocenters. The summed E-state index contributed by atoms with van der Waals surface area (Å²) in [6, 6.07) is 8.22. The molecule has 0 saturated heterocycles. The van der Waals surface area contributed by atoms with Crippen molar-refractivity contribution in [2.45, 2.75) is 20.5 Å². The van der Waals surface area contributed by atoms with Crippen molar-refractivity contribution in [1.82, 2.24) is 0 Å². The Balaban J connectivity index is 2.19. The van der Waals surface area contributed by atoms with Crippen molar-refractivity contribution >= 4 is 17.3 Å². The standard InChI is InChI=1S/C15H15ClFNO/c1-9-5-13(18)6-10(2)15(9)19-8-11-3-4-12(16)7-14(11)17/h3-7H,8,18H2,1-2H3. The summed E-state index contributed by atoms with van der Waals surface area (Å²) in [6.07, 6.45) is 0. The summed E-state index contributed by atoms with van der Waals surface area (Å²) in [4.78, 5) is 0. The summed E-state index contributed by atoms with van der Waals surface area (Å²) < 4.78 is 19.3. The molecular weight excluding hydrogens is 265 g/mol. The zero-order valence-corrected chi connectivity index (χ0v) is 11.6. The summed E-state index contributed by atoms with van der Waals surface area (Å²) in [5.41, 5.74) is 8.79. The Morgan fingerprint density at radius 3 is 2.37 bits per heavy atom. The van der Waals surface area contributed by atoms with E-state index in [0.717, 1.165) is 16.9 Å². The van der Waals surface area contributed by atoms with Crippen molar-refractivity contribution in [1.29, 1.82) is 0 Å². The van der Waals surface area contributed by atoms with Gasteiger partial charge in [-0.1, -0.05) is 17.7 Å². The van der Waals surface area contributed by atoms with Gasteiger partial charge in [0.25, 0.3) is 0 Å². The van der Waals surface area contributed by atoms with Gasteiger partial charge in [0.2, 0.25) is 0 Å². The largest absolute Gasteiger partial charge is 0.488 e. The highest BCUT2D eigenvalue weighted by atomic mass is 35.5. The Kier molecular flexibility index (Phi) is 3.96. The number of nitrogen functional groups attached to an aromatic ring is 1. The van der Waals surface area contributed by atoms with Crippen LogP contribution < -0.4 is 10.5 Å². The van der Waals surface area contributed by atoms with Crippen LogP contribution in [0.5, 0.6) is 5.75 Å². The number of ether oxygens (including phenoxy) is 1. The van der Waals surface area contributed by atoms with Gasteiger partial charge in [-0.3, -0.25) is 0 Å². The Morgan fingerprint density at radius 2 is 1.79 bits per heavy atom. The lowest BCUT2D eigenvalue weighted by Crippen LogP contribution is -2.02. The lowest BCUT2D eigenvalue weighted by atomic mass is 10.1. The van der Waals surface area contributed by atoms with Crippen molar-refractivity contribution in [2.75, 3.05) is 5.73 Å². The molecule has 0 radical (unpaired) electrons. The van der Waals surface area contributed by atoms with Gasteiger partial charge in [-0.2, -0.15) is 0 Å². The zero-order valence-electron chi connectivity index (χ0n) is 10.8. The van der Waals surface area contributed by atoms with Crippen LogP contribution in [0.4, 0.5) is 10.1 Å². The van der Waals surface area contributed by atoms with E-state index in [2.05, 4.69) is 0 Å². The molecule has 0 heterocycles. The van der Waals surface area contributed by atoms with Gasteiger partial charge >= 0.3 is 0 Å². The molecule has 2 N–H and O–H groups in total. The van der Waals surface area contributed by atoms with E-state index in [0.29, 0.717) is 16.3 Å². The first kappa shape index (κ1) is 13.7. The Labute approximate surface area is 117 Å². The zero-order chi connectivity index (χ0) is 14.0. The normalized spacial score (nSPS) is 10.5. The Bertz CT molecular complexity index is 590. The molecule has 0 aliphatic carbocycles. The maximum Gasteiger partial charge on any atom is 0.131 e. The highest BCUT2D eigenvalue weighted by molar-refractivity contribution is 6.30. The number of halogens is 2. The van der Waals surface area contributed by atoms with Crippen LogP contribution in [-0.2, 0) is 6.61 Å². The fraction of sp³-hybridized carbons (Fsp3) is 0.200. The summed E-state index contributed by atoms with van der Waals surface area (Å²) in [6.45, 7) is 3.99. The van der Waals surface area contributed by atoms with Gasteiger partial charge in [-0.05, 0) is 49.2 Å². The maximum atomic E-state index is 13.6. The Hall–Kier alpha value is -1.74. The van der Waals surface area contributed by atoms with E-state index < -0.39 is 0 Å². The van der Waals surface area contributed by atoms with Crippen LogP contribution in [0.2, 0.25) is 5.02 Å². The number of benzene rings is 2. The van der Waals surface area contributed by atoms with Crippen LogP contribution in [0.15, 0.2) is 30.3 Å². The first-order chi connectivity index (χ1) is 8.97. The second-order valence-corrected chi connectivity index (χ2v) is 4.94. The molecule has 0 aliphatic rings. The fourth-order valence-corrected chi connectivity index (χ4v) is 2.16. The minimum absolute atomic E-state index is 0.161. The highest BCUT2D eigenvalue weighted by Crippen LogP contribution is 2.27. The lowest BCUT2D eigenvalue weighted by molar-refractivity contribution is 0.296. The van der Waals surface area contributed by atoms with E-state index >= 15 is 0 Å². The molecule has 2 nitrogen and oxygen atoms in total. The molecule has 0 aromatic heterocycles. The van der Waals surface area contributed by atoms with Crippen LogP contribution in [0.3, 0.4) is 0 Å². The number of anilines is 1. The minimum atomic E-state index is -0.363. The topological polar surface area (TPSA) is 35.2 Å². The van der Waals surface area contributed by atoms with Crippen LogP contribution in [-0.4, -0.2) is 0 Å². The second-order valence-electron chi connectivity index (χ2n) is 4.51. The summed E-state index contributed by atoms with van der Waals surface area (Å²) >= 11 is 5.71. The van der Waals surface area contributed by atoms with Gasteiger partial charge in [0.1, 0.15) is 18.2 Å². The van der Waals surface area contributed by atoms with Crippen LogP contribution in [0, 0.1) is 19.7 Å². The first-order valence-corrected chi connectivity index (χ1v) is 6.28. The van der Waals surface area contributed by atoms with E-state index in [1.807, 2.05) is 26.0 Å². The van der Waals surface area contributed by atoms with E-state index in [9.17, 15) is 4.39 Å². The van der Waals surface area contributed by atoms with E-state index in [4.69, 9.17) is 22.1 Å². The van der Waals surface area contributed by atoms with Gasteiger partial charge in [0.05, 0.1) is 0 Å². The average molecular weight is 280 g/mol. The molecule has 0 amide bonds. The van der Waals surface area contributed by atoms with Gasteiger partial charge in [-0.15, -0.1) is 0 Å². The maximum absolute atomic E-state index is 13.6. The molecule has 100 valence electrons. The summed E-state index contributed by atoms with van der Waals surface area (Å²) in [5.74, 6) is 0.377. The van der Waals surface area contributed by atoms with Gasteiger partial charge < -0.3 is 10.5 Å². The molecular formula is C15H15ClFNO. The van der Waals surface area contributed by atoms with E-state index in [1.54, 1.807) is 12.1 Å². The van der Waals surface area contributed by atoms with Crippen molar-refractivity contribution in [3.63, 3.8) is 0 Å². The van der Waals surface area contributed by atoms with E-state index in [1.165, 1.54) is 6.07 Å². The molecule has 0 fully saturated rings. The third-order valence-corrected chi connectivity index (χ3v) is 3.10. The predicted octanol–water partition coefficient (Wildman–Crippen LogP) is 4.26. The van der Waals surface area contributed by atoms with Crippen LogP contribution in [0.25, 0.3) is 0 Å². The number of nitrogens with two attached hydrogens (primary N) is 1. The van der Waals surface area contributed by atoms with Gasteiger partial charge in [0, 0.05) is 16.3 Å². The van der Waals surface area contributed by atoms with Crippen molar-refractivity contribution in [3.05, 3.63) is 57.9 Å². The van der Waals surface area contributed by atoms with E-state index in [-0.39, 0.29) is 12.4 Å². The molecule has 2 aromatic carbocycles. The number of hydrogen-bond donors (Lipinski definition) is 1. The molecule has 19 heavy (non-hydrogen) atoms. The lowest BCUT2D eigenvalue weighted by Gasteiger charge is -2.13. The summed E-state index contributed by atoms with van der Waals surface area (Å²) in [5, 5.41) is 0.376. The molecule has 0 spiro atoms. The van der Waals surface area contributed by atoms with Gasteiger partial charge in [0.15, 0.2) is 0 Å². The smallest absolute Gasteiger partial charge is 0.131 e. The second kappa shape index (κ2) is 5.49. The predicted molar refractivity (Wildman–Crippen MR) is 76.1 cm³/mol. The van der Waals surface area contributed by atoms with Gasteiger partial charge in [-0.25, -0.2) is 4.39 Å². The Morgan fingerprint density at radius 1 is 1.16 bits per heavy atom. The van der Waals surface area contributed by atoms with Crippen molar-refractivity contribution in [2.24, 2.45) is 0 Å². The van der Waals surface area contributed by atoms with Crippen molar-refractivity contribution in [3.8, 4) is 5.75 Å². The molecule has 0 aliphatic heterocycles. The monoisotopic (exact) mass is 279 g/mol. The molecule has 2 aromatic rings. The number of hydrogen-bond acceptors (Lipinski definition) is 2. The summed E-state index contributed by atoms with van der Waals surface area (Å²) in [7, 11) is 0. The molecule has 4 heteroatoms. The number of aryl methyl sites for hydroxylation is 2. The third kappa shape index (κ3) is 3.18. The average Bonchev–Trinajstić information content (AvgIpc) is 2.30. The minimum Gasteiger partial charge on any atom is -0.488 e. The molecule has 0 bridgehead atoms.